The smallest absolute Gasteiger partial charge is 0.318 e. The number of para-hydroxylation sites is 1. The van der Waals surface area contributed by atoms with E-state index < -0.39 is 0 Å². The lowest BCUT2D eigenvalue weighted by molar-refractivity contribution is 0.313. The molecule has 0 aliphatic rings. The molecule has 0 fully saturated rings. The van der Waals surface area contributed by atoms with Crippen LogP contribution in [0.25, 0.3) is 22.4 Å². The van der Waals surface area contributed by atoms with Gasteiger partial charge < -0.3 is 14.5 Å². The Morgan fingerprint density at radius 1 is 1.12 bits per heavy atom. The molecule has 2 heterocycles. The lowest BCUT2D eigenvalue weighted by Gasteiger charge is -2.10. The van der Waals surface area contributed by atoms with E-state index in [9.17, 15) is 4.79 Å². The molecule has 0 aliphatic heterocycles. The number of benzene rings is 1. The molecular weight excluding hydrogens is 308 g/mol. The summed E-state index contributed by atoms with van der Waals surface area (Å²) < 4.78 is 11.0. The van der Waals surface area contributed by atoms with Crippen molar-refractivity contribution in [1.29, 1.82) is 0 Å². The minimum atomic E-state index is -0.302. The van der Waals surface area contributed by atoms with Crippen molar-refractivity contribution in [3.63, 3.8) is 0 Å². The van der Waals surface area contributed by atoms with Gasteiger partial charge in [-0.1, -0.05) is 19.1 Å². The van der Waals surface area contributed by atoms with Gasteiger partial charge in [0.2, 0.25) is 0 Å². The third-order valence-electron chi connectivity index (χ3n) is 3.32. The fourth-order valence-corrected chi connectivity index (χ4v) is 2.24. The minimum absolute atomic E-state index is 0.199. The summed E-state index contributed by atoms with van der Waals surface area (Å²) in [5, 5.41) is 0.314. The quantitative estimate of drug-likeness (QED) is 0.749. The molecule has 1 aromatic carbocycles. The number of rotatable bonds is 6. The van der Waals surface area contributed by atoms with E-state index >= 15 is 0 Å². The molecule has 2 aromatic heterocycles. The number of hydrogen-bond acceptors (Lipinski definition) is 6. The standard InChI is InChI=1S/C17H18N4O3/c1-3-9-24-13-8-6-5-7-11(13)14-19-15-12(16(22)20-14)10-18-17(21-15)23-4-2/h5-8,10H,3-4,9H2,1-2H3,(H,18,19,20,21,22). The van der Waals surface area contributed by atoms with Crippen LogP contribution in [-0.2, 0) is 0 Å². The monoisotopic (exact) mass is 326 g/mol. The molecular formula is C17H18N4O3. The zero-order valence-corrected chi connectivity index (χ0v) is 13.6. The number of nitrogens with one attached hydrogen (secondary N) is 1. The summed E-state index contributed by atoms with van der Waals surface area (Å²) in [6.07, 6.45) is 2.31. The second-order valence-electron chi connectivity index (χ2n) is 5.08. The fraction of sp³-hybridized carbons (Fsp3) is 0.294. The summed E-state index contributed by atoms with van der Waals surface area (Å²) in [5.74, 6) is 1.07. The summed E-state index contributed by atoms with van der Waals surface area (Å²) in [7, 11) is 0. The Balaban J connectivity index is 2.11. The van der Waals surface area contributed by atoms with Crippen LogP contribution in [0.3, 0.4) is 0 Å². The van der Waals surface area contributed by atoms with Gasteiger partial charge in [-0.05, 0) is 25.5 Å². The normalized spacial score (nSPS) is 10.8. The summed E-state index contributed by atoms with van der Waals surface area (Å²) in [4.78, 5) is 27.7. The molecule has 3 aromatic rings. The van der Waals surface area contributed by atoms with Gasteiger partial charge in [-0.25, -0.2) is 9.97 Å². The highest BCUT2D eigenvalue weighted by Crippen LogP contribution is 2.27. The Kier molecular flexibility index (Phi) is 4.69. The minimum Gasteiger partial charge on any atom is -0.493 e. The first-order valence-corrected chi connectivity index (χ1v) is 7.85. The van der Waals surface area contributed by atoms with Crippen molar-refractivity contribution in [1.82, 2.24) is 19.9 Å². The highest BCUT2D eigenvalue weighted by atomic mass is 16.5. The van der Waals surface area contributed by atoms with Gasteiger partial charge in [-0.3, -0.25) is 4.79 Å². The van der Waals surface area contributed by atoms with Gasteiger partial charge in [0.1, 0.15) is 17.0 Å². The van der Waals surface area contributed by atoms with Crippen LogP contribution in [-0.4, -0.2) is 33.1 Å². The lowest BCUT2D eigenvalue weighted by Crippen LogP contribution is -2.12. The Morgan fingerprint density at radius 3 is 2.75 bits per heavy atom. The molecule has 3 rings (SSSR count). The van der Waals surface area contributed by atoms with E-state index in [1.54, 1.807) is 0 Å². The van der Waals surface area contributed by atoms with Crippen molar-refractivity contribution in [2.75, 3.05) is 13.2 Å². The Hall–Kier alpha value is -2.96. The summed E-state index contributed by atoms with van der Waals surface area (Å²) in [5.41, 5.74) is 0.697. The summed E-state index contributed by atoms with van der Waals surface area (Å²) in [6.45, 7) is 4.90. The number of hydrogen-bond donors (Lipinski definition) is 1. The van der Waals surface area contributed by atoms with E-state index in [0.29, 0.717) is 35.7 Å². The maximum absolute atomic E-state index is 12.3. The van der Waals surface area contributed by atoms with Crippen LogP contribution in [0.4, 0.5) is 0 Å². The second-order valence-corrected chi connectivity index (χ2v) is 5.08. The van der Waals surface area contributed by atoms with Crippen molar-refractivity contribution in [3.05, 3.63) is 40.8 Å². The highest BCUT2D eigenvalue weighted by Gasteiger charge is 2.12. The number of aromatic nitrogens is 4. The van der Waals surface area contributed by atoms with Crippen LogP contribution in [0.15, 0.2) is 35.3 Å². The van der Waals surface area contributed by atoms with Gasteiger partial charge in [0.05, 0.1) is 18.8 Å². The van der Waals surface area contributed by atoms with E-state index in [-0.39, 0.29) is 17.2 Å². The van der Waals surface area contributed by atoms with Crippen molar-refractivity contribution in [2.24, 2.45) is 0 Å². The molecule has 1 N–H and O–H groups in total. The SMILES string of the molecule is CCCOc1ccccc1-c1nc2nc(OCC)ncc2c(=O)[nH]1. The first-order valence-electron chi connectivity index (χ1n) is 7.85. The third kappa shape index (κ3) is 3.19. The maximum atomic E-state index is 12.3. The van der Waals surface area contributed by atoms with Crippen LogP contribution in [0.1, 0.15) is 20.3 Å². The van der Waals surface area contributed by atoms with Crippen molar-refractivity contribution < 1.29 is 9.47 Å². The molecule has 124 valence electrons. The topological polar surface area (TPSA) is 90.0 Å². The number of fused-ring (bicyclic) bond motifs is 1. The number of nitrogens with zero attached hydrogens (tertiary/aromatic N) is 3. The fourth-order valence-electron chi connectivity index (χ4n) is 2.24. The third-order valence-corrected chi connectivity index (χ3v) is 3.32. The second kappa shape index (κ2) is 7.08. The molecule has 0 unspecified atom stereocenters. The van der Waals surface area contributed by atoms with Gasteiger partial charge in [0.25, 0.3) is 5.56 Å². The van der Waals surface area contributed by atoms with Crippen molar-refractivity contribution in [2.45, 2.75) is 20.3 Å². The Bertz CT molecular complexity index is 908. The van der Waals surface area contributed by atoms with Crippen LogP contribution in [0.2, 0.25) is 0 Å². The molecule has 0 amide bonds. The first kappa shape index (κ1) is 15.9. The summed E-state index contributed by atoms with van der Waals surface area (Å²) in [6, 6.07) is 7.64. The molecule has 0 radical (unpaired) electrons. The summed E-state index contributed by atoms with van der Waals surface area (Å²) >= 11 is 0. The van der Waals surface area contributed by atoms with Crippen molar-refractivity contribution >= 4 is 11.0 Å². The Morgan fingerprint density at radius 2 is 1.96 bits per heavy atom. The van der Waals surface area contributed by atoms with Gasteiger partial charge in [-0.2, -0.15) is 4.98 Å². The predicted molar refractivity (Wildman–Crippen MR) is 90.3 cm³/mol. The average molecular weight is 326 g/mol. The molecule has 0 aliphatic carbocycles. The van der Waals surface area contributed by atoms with Gasteiger partial charge in [-0.15, -0.1) is 0 Å². The average Bonchev–Trinajstić information content (AvgIpc) is 2.60. The Labute approximate surface area is 138 Å². The molecule has 7 heteroatoms. The van der Waals surface area contributed by atoms with Gasteiger partial charge >= 0.3 is 6.01 Å². The largest absolute Gasteiger partial charge is 0.493 e. The van der Waals surface area contributed by atoms with Gasteiger partial charge in [0, 0.05) is 6.20 Å². The number of aromatic amines is 1. The van der Waals surface area contributed by atoms with Crippen LogP contribution in [0, 0.1) is 0 Å². The van der Waals surface area contributed by atoms with Crippen LogP contribution < -0.4 is 15.0 Å². The van der Waals surface area contributed by atoms with E-state index in [4.69, 9.17) is 9.47 Å². The molecule has 0 bridgehead atoms. The lowest BCUT2D eigenvalue weighted by atomic mass is 10.2. The molecule has 0 atom stereocenters. The maximum Gasteiger partial charge on any atom is 0.318 e. The van der Waals surface area contributed by atoms with E-state index in [0.717, 1.165) is 6.42 Å². The van der Waals surface area contributed by atoms with Crippen LogP contribution >= 0.6 is 0 Å². The zero-order valence-electron chi connectivity index (χ0n) is 13.6. The molecule has 7 nitrogen and oxygen atoms in total. The van der Waals surface area contributed by atoms with E-state index in [2.05, 4.69) is 19.9 Å². The van der Waals surface area contributed by atoms with E-state index in [1.807, 2.05) is 38.1 Å². The highest BCUT2D eigenvalue weighted by molar-refractivity contribution is 5.76. The first-order chi connectivity index (χ1) is 11.7. The van der Waals surface area contributed by atoms with Crippen LogP contribution in [0.5, 0.6) is 11.8 Å². The zero-order chi connectivity index (χ0) is 16.9. The molecule has 0 spiro atoms. The molecule has 0 saturated carbocycles. The molecule has 24 heavy (non-hydrogen) atoms. The predicted octanol–water partition coefficient (Wildman–Crippen LogP) is 2.57. The van der Waals surface area contributed by atoms with Crippen molar-refractivity contribution in [3.8, 4) is 23.1 Å². The number of ether oxygens (including phenoxy) is 2. The number of H-pyrrole nitrogens is 1. The van der Waals surface area contributed by atoms with E-state index in [1.165, 1.54) is 6.20 Å². The van der Waals surface area contributed by atoms with Gasteiger partial charge in [0.15, 0.2) is 5.65 Å². The molecule has 0 saturated heterocycles.